The zero-order valence-corrected chi connectivity index (χ0v) is 12.4. The van der Waals surface area contributed by atoms with Crippen LogP contribution in [0.5, 0.6) is 5.75 Å². The lowest BCUT2D eigenvalue weighted by molar-refractivity contribution is 0.152. The minimum absolute atomic E-state index is 0.311. The molecular formula is C16H26N2O. The highest BCUT2D eigenvalue weighted by molar-refractivity contribution is 5.41. The number of rotatable bonds is 6. The Morgan fingerprint density at radius 3 is 2.79 bits per heavy atom. The second kappa shape index (κ2) is 6.40. The van der Waals surface area contributed by atoms with E-state index in [-0.39, 0.29) is 0 Å². The Morgan fingerprint density at radius 2 is 2.16 bits per heavy atom. The number of ether oxygens (including phenoxy) is 1. The van der Waals surface area contributed by atoms with Crippen molar-refractivity contribution in [2.45, 2.75) is 45.7 Å². The van der Waals surface area contributed by atoms with Crippen LogP contribution < -0.4 is 10.5 Å². The molecule has 3 nitrogen and oxygen atoms in total. The van der Waals surface area contributed by atoms with E-state index in [9.17, 15) is 0 Å². The summed E-state index contributed by atoms with van der Waals surface area (Å²) in [6.45, 7) is 9.24. The summed E-state index contributed by atoms with van der Waals surface area (Å²) in [4.78, 5) is 2.50. The molecule has 2 atom stereocenters. The van der Waals surface area contributed by atoms with Crippen molar-refractivity contribution in [3.05, 3.63) is 29.3 Å². The normalized spacial score (nSPS) is 17.1. The fraction of sp³-hybridized carbons (Fsp3) is 0.625. The van der Waals surface area contributed by atoms with Gasteiger partial charge >= 0.3 is 0 Å². The Balaban J connectivity index is 2.25. The van der Waals surface area contributed by atoms with Crippen molar-refractivity contribution in [1.82, 2.24) is 4.90 Å². The van der Waals surface area contributed by atoms with E-state index >= 15 is 0 Å². The van der Waals surface area contributed by atoms with Gasteiger partial charge in [-0.15, -0.1) is 0 Å². The van der Waals surface area contributed by atoms with Gasteiger partial charge in [0.15, 0.2) is 0 Å². The molecule has 2 N–H and O–H groups in total. The van der Waals surface area contributed by atoms with E-state index in [0.717, 1.165) is 31.7 Å². The number of likely N-dealkylation sites (N-methyl/N-ethyl adjacent to an activating group) is 1. The summed E-state index contributed by atoms with van der Waals surface area (Å²) in [5.74, 6) is 1.05. The molecule has 3 heteroatoms. The van der Waals surface area contributed by atoms with Crippen molar-refractivity contribution < 1.29 is 4.74 Å². The third kappa shape index (κ3) is 2.93. The lowest BCUT2D eigenvalue weighted by Gasteiger charge is -2.35. The molecule has 0 saturated heterocycles. The van der Waals surface area contributed by atoms with Crippen LogP contribution >= 0.6 is 0 Å². The first-order valence-corrected chi connectivity index (χ1v) is 7.42. The molecule has 19 heavy (non-hydrogen) atoms. The Kier molecular flexibility index (Phi) is 4.83. The number of fused-ring (bicyclic) bond motifs is 1. The molecule has 1 aliphatic heterocycles. The van der Waals surface area contributed by atoms with E-state index in [4.69, 9.17) is 10.5 Å². The van der Waals surface area contributed by atoms with Crippen LogP contribution in [-0.4, -0.2) is 30.6 Å². The highest BCUT2D eigenvalue weighted by atomic mass is 16.5. The maximum Gasteiger partial charge on any atom is 0.122 e. The molecule has 0 bridgehead atoms. The highest BCUT2D eigenvalue weighted by Gasteiger charge is 2.23. The molecule has 1 aromatic carbocycles. The maximum atomic E-state index is 6.05. The molecule has 1 heterocycles. The summed E-state index contributed by atoms with van der Waals surface area (Å²) in [5, 5.41) is 0. The molecule has 1 aromatic rings. The molecule has 0 fully saturated rings. The van der Waals surface area contributed by atoms with Gasteiger partial charge in [-0.1, -0.05) is 26.0 Å². The Labute approximate surface area is 116 Å². The van der Waals surface area contributed by atoms with Gasteiger partial charge in [-0.25, -0.2) is 0 Å². The van der Waals surface area contributed by atoms with Crippen LogP contribution in [0.2, 0.25) is 0 Å². The van der Waals surface area contributed by atoms with E-state index in [1.807, 2.05) is 0 Å². The van der Waals surface area contributed by atoms with Crippen molar-refractivity contribution in [3.8, 4) is 5.75 Å². The van der Waals surface area contributed by atoms with Gasteiger partial charge in [-0.2, -0.15) is 0 Å². The molecule has 0 spiro atoms. The first-order valence-electron chi connectivity index (χ1n) is 7.42. The van der Waals surface area contributed by atoms with Crippen LogP contribution in [0.4, 0.5) is 0 Å². The van der Waals surface area contributed by atoms with Crippen LogP contribution in [0.15, 0.2) is 18.2 Å². The van der Waals surface area contributed by atoms with Crippen molar-refractivity contribution >= 4 is 0 Å². The van der Waals surface area contributed by atoms with Crippen molar-refractivity contribution in [2.24, 2.45) is 5.73 Å². The fourth-order valence-corrected chi connectivity index (χ4v) is 2.95. The molecule has 2 unspecified atom stereocenters. The number of hydrogen-bond donors (Lipinski definition) is 1. The first kappa shape index (κ1) is 14.4. The minimum atomic E-state index is 0.311. The third-order valence-corrected chi connectivity index (χ3v) is 4.24. The fourth-order valence-electron chi connectivity index (χ4n) is 2.95. The largest absolute Gasteiger partial charge is 0.493 e. The summed E-state index contributed by atoms with van der Waals surface area (Å²) in [6, 6.07) is 7.43. The van der Waals surface area contributed by atoms with Crippen molar-refractivity contribution in [3.63, 3.8) is 0 Å². The average Bonchev–Trinajstić information content (AvgIpc) is 2.91. The lowest BCUT2D eigenvalue weighted by atomic mass is 9.99. The molecule has 0 amide bonds. The standard InChI is InChI=1S/C16H26N2O/c1-4-12(3)18(5-2)15(11-17)13-6-7-16-14(10-13)8-9-19-16/h6-7,10,12,15H,4-5,8-9,11,17H2,1-3H3. The van der Waals surface area contributed by atoms with Crippen LogP contribution in [0.1, 0.15) is 44.4 Å². The van der Waals surface area contributed by atoms with E-state index in [2.05, 4.69) is 43.9 Å². The Morgan fingerprint density at radius 1 is 1.37 bits per heavy atom. The van der Waals surface area contributed by atoms with Gasteiger partial charge in [0.25, 0.3) is 0 Å². The van der Waals surface area contributed by atoms with Crippen LogP contribution in [0.3, 0.4) is 0 Å². The minimum Gasteiger partial charge on any atom is -0.493 e. The zero-order chi connectivity index (χ0) is 13.8. The van der Waals surface area contributed by atoms with Crippen LogP contribution in [0, 0.1) is 0 Å². The number of nitrogens with two attached hydrogens (primary N) is 1. The van der Waals surface area contributed by atoms with Gasteiger partial charge in [0.2, 0.25) is 0 Å². The smallest absolute Gasteiger partial charge is 0.122 e. The predicted octanol–water partition coefficient (Wildman–Crippen LogP) is 2.74. The number of hydrogen-bond acceptors (Lipinski definition) is 3. The lowest BCUT2D eigenvalue weighted by Crippen LogP contribution is -2.39. The monoisotopic (exact) mass is 262 g/mol. The van der Waals surface area contributed by atoms with E-state index < -0.39 is 0 Å². The summed E-state index contributed by atoms with van der Waals surface area (Å²) < 4.78 is 5.58. The van der Waals surface area contributed by atoms with Crippen LogP contribution in [0.25, 0.3) is 0 Å². The maximum absolute atomic E-state index is 6.05. The SMILES string of the molecule is CCC(C)N(CC)C(CN)c1ccc2c(c1)CCO2. The van der Waals surface area contributed by atoms with Gasteiger partial charge in [0, 0.05) is 25.0 Å². The van der Waals surface area contributed by atoms with Gasteiger partial charge in [0.05, 0.1) is 6.61 Å². The van der Waals surface area contributed by atoms with E-state index in [1.54, 1.807) is 0 Å². The topological polar surface area (TPSA) is 38.5 Å². The highest BCUT2D eigenvalue weighted by Crippen LogP contribution is 2.30. The molecule has 106 valence electrons. The molecule has 0 radical (unpaired) electrons. The third-order valence-electron chi connectivity index (χ3n) is 4.24. The summed E-state index contributed by atoms with van der Waals surface area (Å²) >= 11 is 0. The van der Waals surface area contributed by atoms with E-state index in [1.165, 1.54) is 11.1 Å². The molecule has 0 aliphatic carbocycles. The predicted molar refractivity (Wildman–Crippen MR) is 79.6 cm³/mol. The van der Waals surface area contributed by atoms with Crippen molar-refractivity contribution in [2.75, 3.05) is 19.7 Å². The first-order chi connectivity index (χ1) is 9.21. The summed E-state index contributed by atoms with van der Waals surface area (Å²) in [6.07, 6.45) is 2.17. The quantitative estimate of drug-likeness (QED) is 0.856. The number of benzene rings is 1. The second-order valence-corrected chi connectivity index (χ2v) is 5.30. The van der Waals surface area contributed by atoms with Gasteiger partial charge in [0.1, 0.15) is 5.75 Å². The molecule has 0 aromatic heterocycles. The molecule has 0 saturated carbocycles. The molecule has 1 aliphatic rings. The van der Waals surface area contributed by atoms with E-state index in [0.29, 0.717) is 18.6 Å². The molecular weight excluding hydrogens is 236 g/mol. The summed E-state index contributed by atoms with van der Waals surface area (Å²) in [5.41, 5.74) is 8.70. The van der Waals surface area contributed by atoms with Crippen molar-refractivity contribution in [1.29, 1.82) is 0 Å². The van der Waals surface area contributed by atoms with Gasteiger partial charge < -0.3 is 10.5 Å². The summed E-state index contributed by atoms with van der Waals surface area (Å²) in [7, 11) is 0. The Hall–Kier alpha value is -1.06. The van der Waals surface area contributed by atoms with Gasteiger partial charge in [-0.05, 0) is 37.1 Å². The van der Waals surface area contributed by atoms with Gasteiger partial charge in [-0.3, -0.25) is 4.90 Å². The zero-order valence-electron chi connectivity index (χ0n) is 12.4. The molecule has 2 rings (SSSR count). The van der Waals surface area contributed by atoms with Crippen LogP contribution in [-0.2, 0) is 6.42 Å². The average molecular weight is 262 g/mol. The second-order valence-electron chi connectivity index (χ2n) is 5.30. The Bertz CT molecular complexity index is 419. The number of nitrogens with zero attached hydrogens (tertiary/aromatic N) is 1.